The van der Waals surface area contributed by atoms with Crippen molar-refractivity contribution in [2.45, 2.75) is 13.0 Å². The predicted octanol–water partition coefficient (Wildman–Crippen LogP) is 2.70. The number of halogens is 1. The van der Waals surface area contributed by atoms with Crippen molar-refractivity contribution in [2.24, 2.45) is 0 Å². The number of amides is 1. The molecule has 0 heterocycles. The number of carbonyl (C=O) groups is 1. The zero-order chi connectivity index (χ0) is 10.6. The third kappa shape index (κ3) is 2.89. The summed E-state index contributed by atoms with van der Waals surface area (Å²) >= 11 is 5.75. The molecule has 1 atom stereocenters. The van der Waals surface area contributed by atoms with E-state index in [1.165, 1.54) is 6.08 Å². The van der Waals surface area contributed by atoms with Crippen LogP contribution in [0, 0.1) is 0 Å². The standard InChI is InChI=1S/C11H12ClNO/c1-3-11(14)13-8(2)9-4-6-10(12)7-5-9/h3-8H,1H2,2H3,(H,13,14)/t8-/m1/s1. The summed E-state index contributed by atoms with van der Waals surface area (Å²) in [6.45, 7) is 5.30. The molecule has 0 saturated carbocycles. The van der Waals surface area contributed by atoms with Gasteiger partial charge in [0.2, 0.25) is 5.91 Å². The van der Waals surface area contributed by atoms with Crippen LogP contribution in [0.2, 0.25) is 5.02 Å². The van der Waals surface area contributed by atoms with Crippen LogP contribution in [-0.2, 0) is 4.79 Å². The fourth-order valence-electron chi connectivity index (χ4n) is 1.11. The van der Waals surface area contributed by atoms with E-state index in [4.69, 9.17) is 11.6 Å². The van der Waals surface area contributed by atoms with E-state index < -0.39 is 0 Å². The summed E-state index contributed by atoms with van der Waals surface area (Å²) in [5, 5.41) is 3.46. The molecule has 0 spiro atoms. The van der Waals surface area contributed by atoms with Crippen LogP contribution < -0.4 is 5.32 Å². The van der Waals surface area contributed by atoms with E-state index in [-0.39, 0.29) is 11.9 Å². The zero-order valence-corrected chi connectivity index (χ0v) is 8.71. The summed E-state index contributed by atoms with van der Waals surface area (Å²) in [5.41, 5.74) is 1.02. The van der Waals surface area contributed by atoms with Gasteiger partial charge in [0.1, 0.15) is 0 Å². The summed E-state index contributed by atoms with van der Waals surface area (Å²) in [6.07, 6.45) is 1.26. The van der Waals surface area contributed by atoms with Crippen LogP contribution in [0.1, 0.15) is 18.5 Å². The zero-order valence-electron chi connectivity index (χ0n) is 7.96. The Labute approximate surface area is 88.6 Å². The first kappa shape index (κ1) is 10.8. The highest BCUT2D eigenvalue weighted by Gasteiger charge is 2.06. The SMILES string of the molecule is C=CC(=O)N[C@H](C)c1ccc(Cl)cc1. The molecule has 74 valence electrons. The molecule has 1 amide bonds. The predicted molar refractivity (Wildman–Crippen MR) is 58.2 cm³/mol. The van der Waals surface area contributed by atoms with Crippen LogP contribution in [0.3, 0.4) is 0 Å². The van der Waals surface area contributed by atoms with Crippen molar-refractivity contribution in [2.75, 3.05) is 0 Å². The first-order valence-corrected chi connectivity index (χ1v) is 4.69. The Balaban J connectivity index is 2.69. The molecule has 0 saturated heterocycles. The van der Waals surface area contributed by atoms with Crippen molar-refractivity contribution in [1.29, 1.82) is 0 Å². The molecule has 0 aliphatic carbocycles. The highest BCUT2D eigenvalue weighted by atomic mass is 35.5. The van der Waals surface area contributed by atoms with E-state index in [0.717, 1.165) is 5.56 Å². The van der Waals surface area contributed by atoms with E-state index in [1.807, 2.05) is 19.1 Å². The van der Waals surface area contributed by atoms with Crippen molar-refractivity contribution in [1.82, 2.24) is 5.32 Å². The van der Waals surface area contributed by atoms with Gasteiger partial charge < -0.3 is 5.32 Å². The van der Waals surface area contributed by atoms with Gasteiger partial charge in [-0.1, -0.05) is 30.3 Å². The smallest absolute Gasteiger partial charge is 0.243 e. The van der Waals surface area contributed by atoms with E-state index in [9.17, 15) is 4.79 Å². The Morgan fingerprint density at radius 3 is 2.57 bits per heavy atom. The molecule has 14 heavy (non-hydrogen) atoms. The number of benzene rings is 1. The lowest BCUT2D eigenvalue weighted by Crippen LogP contribution is -2.24. The minimum Gasteiger partial charge on any atom is -0.346 e. The Kier molecular flexibility index (Phi) is 3.72. The fourth-order valence-corrected chi connectivity index (χ4v) is 1.23. The van der Waals surface area contributed by atoms with Gasteiger partial charge in [-0.05, 0) is 30.7 Å². The van der Waals surface area contributed by atoms with Gasteiger partial charge in [-0.25, -0.2) is 0 Å². The van der Waals surface area contributed by atoms with E-state index in [1.54, 1.807) is 12.1 Å². The van der Waals surface area contributed by atoms with Crippen LogP contribution in [0.4, 0.5) is 0 Å². The van der Waals surface area contributed by atoms with Gasteiger partial charge in [0.25, 0.3) is 0 Å². The Hall–Kier alpha value is -1.28. The minimum atomic E-state index is -0.174. The quantitative estimate of drug-likeness (QED) is 0.762. The van der Waals surface area contributed by atoms with Gasteiger partial charge in [-0.3, -0.25) is 4.79 Å². The number of carbonyl (C=O) groups excluding carboxylic acids is 1. The number of nitrogens with one attached hydrogen (secondary N) is 1. The maximum Gasteiger partial charge on any atom is 0.243 e. The molecule has 0 aliphatic rings. The molecule has 2 nitrogen and oxygen atoms in total. The van der Waals surface area contributed by atoms with E-state index in [0.29, 0.717) is 5.02 Å². The molecule has 1 N–H and O–H groups in total. The molecule has 1 aromatic rings. The normalized spacial score (nSPS) is 11.9. The number of hydrogen-bond donors (Lipinski definition) is 1. The molecule has 0 unspecified atom stereocenters. The van der Waals surface area contributed by atoms with Crippen LogP contribution in [0.25, 0.3) is 0 Å². The molecule has 1 rings (SSSR count). The van der Waals surface area contributed by atoms with Crippen molar-refractivity contribution in [3.05, 3.63) is 47.5 Å². The number of rotatable bonds is 3. The molecule has 0 aliphatic heterocycles. The molecule has 3 heteroatoms. The van der Waals surface area contributed by atoms with Crippen LogP contribution in [0.5, 0.6) is 0 Å². The Bertz CT molecular complexity index is 332. The van der Waals surface area contributed by atoms with Crippen molar-refractivity contribution in [3.63, 3.8) is 0 Å². The minimum absolute atomic E-state index is 0.0298. The second-order valence-corrected chi connectivity index (χ2v) is 3.42. The summed E-state index contributed by atoms with van der Waals surface area (Å²) in [5.74, 6) is -0.174. The van der Waals surface area contributed by atoms with Gasteiger partial charge in [0.15, 0.2) is 0 Å². The summed E-state index contributed by atoms with van der Waals surface area (Å²) in [6, 6.07) is 7.34. The summed E-state index contributed by atoms with van der Waals surface area (Å²) in [4.78, 5) is 11.0. The first-order chi connectivity index (χ1) is 6.63. The highest BCUT2D eigenvalue weighted by molar-refractivity contribution is 6.30. The molecular formula is C11H12ClNO. The van der Waals surface area contributed by atoms with Crippen LogP contribution in [0.15, 0.2) is 36.9 Å². The van der Waals surface area contributed by atoms with Gasteiger partial charge >= 0.3 is 0 Å². The lowest BCUT2D eigenvalue weighted by atomic mass is 10.1. The maximum atomic E-state index is 11.0. The van der Waals surface area contributed by atoms with E-state index >= 15 is 0 Å². The lowest BCUT2D eigenvalue weighted by Gasteiger charge is -2.12. The van der Waals surface area contributed by atoms with Crippen molar-refractivity contribution < 1.29 is 4.79 Å². The third-order valence-corrected chi connectivity index (χ3v) is 2.17. The summed E-state index contributed by atoms with van der Waals surface area (Å²) < 4.78 is 0. The second-order valence-electron chi connectivity index (χ2n) is 2.99. The van der Waals surface area contributed by atoms with Gasteiger partial charge in [0.05, 0.1) is 6.04 Å². The summed E-state index contributed by atoms with van der Waals surface area (Å²) in [7, 11) is 0. The van der Waals surface area contributed by atoms with Gasteiger partial charge in [-0.15, -0.1) is 0 Å². The number of hydrogen-bond acceptors (Lipinski definition) is 1. The monoisotopic (exact) mass is 209 g/mol. The highest BCUT2D eigenvalue weighted by Crippen LogP contribution is 2.15. The Morgan fingerprint density at radius 1 is 1.50 bits per heavy atom. The molecule has 0 fully saturated rings. The molecule has 0 aromatic heterocycles. The first-order valence-electron chi connectivity index (χ1n) is 4.32. The topological polar surface area (TPSA) is 29.1 Å². The molecule has 0 radical (unpaired) electrons. The molecule has 1 aromatic carbocycles. The Morgan fingerprint density at radius 2 is 2.07 bits per heavy atom. The largest absolute Gasteiger partial charge is 0.346 e. The molecule has 0 bridgehead atoms. The fraction of sp³-hybridized carbons (Fsp3) is 0.182. The second kappa shape index (κ2) is 4.82. The van der Waals surface area contributed by atoms with Crippen molar-refractivity contribution in [3.8, 4) is 0 Å². The average molecular weight is 210 g/mol. The third-order valence-electron chi connectivity index (χ3n) is 1.91. The van der Waals surface area contributed by atoms with Gasteiger partial charge in [0, 0.05) is 5.02 Å². The van der Waals surface area contributed by atoms with Crippen LogP contribution >= 0.6 is 11.6 Å². The van der Waals surface area contributed by atoms with Gasteiger partial charge in [-0.2, -0.15) is 0 Å². The van der Waals surface area contributed by atoms with Crippen LogP contribution in [-0.4, -0.2) is 5.91 Å². The maximum absolute atomic E-state index is 11.0. The average Bonchev–Trinajstić information content (AvgIpc) is 2.18. The molecular weight excluding hydrogens is 198 g/mol. The van der Waals surface area contributed by atoms with E-state index in [2.05, 4.69) is 11.9 Å². The van der Waals surface area contributed by atoms with Crippen molar-refractivity contribution >= 4 is 17.5 Å². The lowest BCUT2D eigenvalue weighted by molar-refractivity contribution is -0.117.